The van der Waals surface area contributed by atoms with Crippen LogP contribution in [0.15, 0.2) is 60.8 Å². The van der Waals surface area contributed by atoms with E-state index in [4.69, 9.17) is 11.6 Å². The molecule has 0 bridgehead atoms. The van der Waals surface area contributed by atoms with Gasteiger partial charge in [0.05, 0.1) is 18.4 Å². The number of aromatic nitrogens is 3. The number of nitrogens with zero attached hydrogens (tertiary/aromatic N) is 3. The molecule has 1 aromatic heterocycles. The fourth-order valence-electron chi connectivity index (χ4n) is 2.47. The molecule has 2 amide bonds. The molecule has 2 N–H and O–H groups in total. The highest BCUT2D eigenvalue weighted by Crippen LogP contribution is 2.10. The number of benzene rings is 2. The molecule has 3 aromatic rings. The first-order valence-electron chi connectivity index (χ1n) is 8.43. The van der Waals surface area contributed by atoms with Gasteiger partial charge in [-0.15, -0.1) is 5.10 Å². The Bertz CT molecular complexity index is 833. The average molecular weight is 370 g/mol. The Balaban J connectivity index is 1.36. The molecule has 0 saturated carbocycles. The summed E-state index contributed by atoms with van der Waals surface area (Å²) in [7, 11) is 0. The molecule has 0 atom stereocenters. The van der Waals surface area contributed by atoms with Crippen LogP contribution in [0.5, 0.6) is 0 Å². The predicted molar refractivity (Wildman–Crippen MR) is 101 cm³/mol. The zero-order chi connectivity index (χ0) is 18.2. The van der Waals surface area contributed by atoms with Crippen LogP contribution in [0.1, 0.15) is 17.7 Å². The smallest absolute Gasteiger partial charge is 0.315 e. The number of rotatable bonds is 7. The van der Waals surface area contributed by atoms with Crippen molar-refractivity contribution in [2.45, 2.75) is 19.4 Å². The molecule has 0 spiro atoms. The zero-order valence-corrected chi connectivity index (χ0v) is 15.0. The maximum absolute atomic E-state index is 11.9. The van der Waals surface area contributed by atoms with E-state index in [1.165, 1.54) is 5.56 Å². The van der Waals surface area contributed by atoms with Gasteiger partial charge in [-0.05, 0) is 42.7 Å². The summed E-state index contributed by atoms with van der Waals surface area (Å²) in [5.41, 5.74) is 2.83. The largest absolute Gasteiger partial charge is 0.338 e. The molecule has 7 heteroatoms. The van der Waals surface area contributed by atoms with Crippen LogP contribution in [0, 0.1) is 0 Å². The van der Waals surface area contributed by atoms with E-state index in [2.05, 4.69) is 20.9 Å². The molecule has 1 heterocycles. The Labute approximate surface area is 157 Å². The summed E-state index contributed by atoms with van der Waals surface area (Å²) in [4.78, 5) is 11.9. The predicted octanol–water partition coefficient (Wildman–Crippen LogP) is 3.35. The lowest BCUT2D eigenvalue weighted by atomic mass is 10.1. The first-order chi connectivity index (χ1) is 12.7. The number of amides is 2. The molecule has 0 unspecified atom stereocenters. The number of carbonyl (C=O) groups is 1. The van der Waals surface area contributed by atoms with E-state index in [0.29, 0.717) is 18.8 Å². The molecule has 134 valence electrons. The number of aryl methyl sites for hydroxylation is 1. The van der Waals surface area contributed by atoms with Crippen LogP contribution in [0.3, 0.4) is 0 Å². The molecule has 0 saturated heterocycles. The fourth-order valence-corrected chi connectivity index (χ4v) is 2.59. The van der Waals surface area contributed by atoms with E-state index < -0.39 is 0 Å². The minimum absolute atomic E-state index is 0.213. The molecular weight excluding hydrogens is 350 g/mol. The van der Waals surface area contributed by atoms with Crippen molar-refractivity contribution < 1.29 is 4.79 Å². The SMILES string of the molecule is O=C(NCCCc1ccc(Cl)cc1)NCc1cn(-c2ccccc2)nn1. The van der Waals surface area contributed by atoms with Gasteiger partial charge in [-0.25, -0.2) is 9.48 Å². The Morgan fingerprint density at radius 3 is 2.58 bits per heavy atom. The van der Waals surface area contributed by atoms with E-state index in [9.17, 15) is 4.79 Å². The van der Waals surface area contributed by atoms with Crippen molar-refractivity contribution in [2.75, 3.05) is 6.54 Å². The Kier molecular flexibility index (Phi) is 6.22. The van der Waals surface area contributed by atoms with Crippen LogP contribution < -0.4 is 10.6 Å². The molecule has 6 nitrogen and oxygen atoms in total. The summed E-state index contributed by atoms with van der Waals surface area (Å²) in [6.07, 6.45) is 3.55. The second kappa shape index (κ2) is 9.01. The second-order valence-electron chi connectivity index (χ2n) is 5.83. The number of para-hydroxylation sites is 1. The van der Waals surface area contributed by atoms with E-state index in [1.807, 2.05) is 54.6 Å². The minimum atomic E-state index is -0.213. The van der Waals surface area contributed by atoms with Crippen LogP contribution in [0.4, 0.5) is 4.79 Å². The zero-order valence-electron chi connectivity index (χ0n) is 14.2. The van der Waals surface area contributed by atoms with Crippen molar-refractivity contribution >= 4 is 17.6 Å². The lowest BCUT2D eigenvalue weighted by Gasteiger charge is -2.06. The summed E-state index contributed by atoms with van der Waals surface area (Å²) < 4.78 is 1.68. The van der Waals surface area contributed by atoms with Gasteiger partial charge in [0.25, 0.3) is 0 Å². The topological polar surface area (TPSA) is 71.8 Å². The normalized spacial score (nSPS) is 10.5. The highest BCUT2D eigenvalue weighted by Gasteiger charge is 2.05. The fraction of sp³-hybridized carbons (Fsp3) is 0.211. The van der Waals surface area contributed by atoms with Gasteiger partial charge in [-0.1, -0.05) is 47.1 Å². The number of hydrogen-bond donors (Lipinski definition) is 2. The van der Waals surface area contributed by atoms with Gasteiger partial charge in [-0.2, -0.15) is 0 Å². The molecule has 26 heavy (non-hydrogen) atoms. The van der Waals surface area contributed by atoms with Crippen molar-refractivity contribution in [3.05, 3.63) is 77.1 Å². The third-order valence-electron chi connectivity index (χ3n) is 3.83. The third-order valence-corrected chi connectivity index (χ3v) is 4.08. The molecule has 3 rings (SSSR count). The van der Waals surface area contributed by atoms with Crippen molar-refractivity contribution in [2.24, 2.45) is 0 Å². The molecule has 0 aliphatic heterocycles. The first kappa shape index (κ1) is 17.9. The molecule has 0 aliphatic rings. The highest BCUT2D eigenvalue weighted by molar-refractivity contribution is 6.30. The van der Waals surface area contributed by atoms with E-state index >= 15 is 0 Å². The minimum Gasteiger partial charge on any atom is -0.338 e. The van der Waals surface area contributed by atoms with Gasteiger partial charge >= 0.3 is 6.03 Å². The maximum Gasteiger partial charge on any atom is 0.315 e. The molecule has 0 aliphatic carbocycles. The van der Waals surface area contributed by atoms with Gasteiger partial charge in [-0.3, -0.25) is 0 Å². The van der Waals surface area contributed by atoms with Gasteiger partial charge < -0.3 is 10.6 Å². The van der Waals surface area contributed by atoms with Crippen LogP contribution in [0.2, 0.25) is 5.02 Å². The van der Waals surface area contributed by atoms with E-state index in [1.54, 1.807) is 10.9 Å². The van der Waals surface area contributed by atoms with Crippen molar-refractivity contribution in [3.63, 3.8) is 0 Å². The van der Waals surface area contributed by atoms with Crippen LogP contribution in [-0.2, 0) is 13.0 Å². The van der Waals surface area contributed by atoms with Gasteiger partial charge in [0.2, 0.25) is 0 Å². The van der Waals surface area contributed by atoms with Crippen molar-refractivity contribution in [1.29, 1.82) is 0 Å². The summed E-state index contributed by atoms with van der Waals surface area (Å²) in [5, 5.41) is 14.5. The highest BCUT2D eigenvalue weighted by atomic mass is 35.5. The molecular formula is C19H20ClN5O. The van der Waals surface area contributed by atoms with E-state index in [-0.39, 0.29) is 6.03 Å². The quantitative estimate of drug-likeness (QED) is 0.627. The van der Waals surface area contributed by atoms with Crippen molar-refractivity contribution in [3.8, 4) is 5.69 Å². The summed E-state index contributed by atoms with van der Waals surface area (Å²) >= 11 is 5.86. The molecule has 0 radical (unpaired) electrons. The first-order valence-corrected chi connectivity index (χ1v) is 8.81. The van der Waals surface area contributed by atoms with Gasteiger partial charge in [0.1, 0.15) is 5.69 Å². The standard InChI is InChI=1S/C19H20ClN5O/c20-16-10-8-15(9-11-16)5-4-12-21-19(26)22-13-17-14-25(24-23-17)18-6-2-1-3-7-18/h1-3,6-11,14H,4-5,12-13H2,(H2,21,22,26). The monoisotopic (exact) mass is 369 g/mol. The lowest BCUT2D eigenvalue weighted by Crippen LogP contribution is -2.35. The summed E-state index contributed by atoms with van der Waals surface area (Å²) in [5.74, 6) is 0. The second-order valence-corrected chi connectivity index (χ2v) is 6.27. The Morgan fingerprint density at radius 1 is 1.04 bits per heavy atom. The van der Waals surface area contributed by atoms with Crippen LogP contribution in [-0.4, -0.2) is 27.6 Å². The third kappa shape index (κ3) is 5.32. The number of nitrogens with one attached hydrogen (secondary N) is 2. The lowest BCUT2D eigenvalue weighted by molar-refractivity contribution is 0.240. The number of hydrogen-bond acceptors (Lipinski definition) is 3. The Hall–Kier alpha value is -2.86. The number of halogens is 1. The van der Waals surface area contributed by atoms with Crippen LogP contribution in [0.25, 0.3) is 5.69 Å². The maximum atomic E-state index is 11.9. The number of carbonyl (C=O) groups excluding carboxylic acids is 1. The number of urea groups is 1. The molecule has 2 aromatic carbocycles. The summed E-state index contributed by atoms with van der Waals surface area (Å²) in [6.45, 7) is 0.932. The summed E-state index contributed by atoms with van der Waals surface area (Å²) in [6, 6.07) is 17.2. The Morgan fingerprint density at radius 2 is 1.81 bits per heavy atom. The van der Waals surface area contributed by atoms with Crippen LogP contribution >= 0.6 is 11.6 Å². The van der Waals surface area contributed by atoms with Gasteiger partial charge in [0.15, 0.2) is 0 Å². The molecule has 0 fully saturated rings. The van der Waals surface area contributed by atoms with E-state index in [0.717, 1.165) is 23.6 Å². The van der Waals surface area contributed by atoms with Gasteiger partial charge in [0, 0.05) is 11.6 Å². The van der Waals surface area contributed by atoms with Crippen molar-refractivity contribution in [1.82, 2.24) is 25.6 Å². The average Bonchev–Trinajstić information content (AvgIpc) is 3.15.